The van der Waals surface area contributed by atoms with Gasteiger partial charge in [0.25, 0.3) is 0 Å². The van der Waals surface area contributed by atoms with Gasteiger partial charge in [-0.05, 0) is 38.9 Å². The van der Waals surface area contributed by atoms with E-state index in [9.17, 15) is 0 Å². The number of methoxy groups -OCH3 is 1. The maximum absolute atomic E-state index is 5.88. The molecular formula is C14H22N6O. The molecule has 2 aromatic heterocycles. The molecule has 0 spiro atoms. The van der Waals surface area contributed by atoms with Crippen molar-refractivity contribution in [2.45, 2.75) is 32.2 Å². The molecule has 0 saturated carbocycles. The summed E-state index contributed by atoms with van der Waals surface area (Å²) < 4.78 is 7.10. The molecule has 2 N–H and O–H groups in total. The first-order valence-corrected chi connectivity index (χ1v) is 7.52. The first kappa shape index (κ1) is 14.1. The average Bonchev–Trinajstić information content (AvgIpc) is 2.92. The number of aromatic nitrogens is 4. The summed E-state index contributed by atoms with van der Waals surface area (Å²) >= 11 is 0. The maximum Gasteiger partial charge on any atom is 0.320 e. The first-order valence-electron chi connectivity index (χ1n) is 7.52. The lowest BCUT2D eigenvalue weighted by Gasteiger charge is -2.26. The third-order valence-electron chi connectivity index (χ3n) is 3.97. The van der Waals surface area contributed by atoms with Crippen molar-refractivity contribution in [1.29, 1.82) is 0 Å². The van der Waals surface area contributed by atoms with Gasteiger partial charge in [-0.25, -0.2) is 4.98 Å². The van der Waals surface area contributed by atoms with Gasteiger partial charge in [-0.15, -0.1) is 0 Å². The highest BCUT2D eigenvalue weighted by atomic mass is 16.5. The number of nitrogens with two attached hydrogens (primary N) is 1. The van der Waals surface area contributed by atoms with E-state index in [1.165, 1.54) is 39.5 Å². The fourth-order valence-corrected chi connectivity index (χ4v) is 2.85. The van der Waals surface area contributed by atoms with Crippen molar-refractivity contribution in [3.63, 3.8) is 0 Å². The zero-order valence-electron chi connectivity index (χ0n) is 12.5. The summed E-state index contributed by atoms with van der Waals surface area (Å²) in [6.45, 7) is 4.46. The van der Waals surface area contributed by atoms with Crippen LogP contribution in [0.1, 0.15) is 25.7 Å². The Kier molecular flexibility index (Phi) is 4.19. The number of hydrogen-bond acceptors (Lipinski definition) is 6. The lowest BCUT2D eigenvalue weighted by atomic mass is 10.1. The Morgan fingerprint density at radius 1 is 1.19 bits per heavy atom. The molecule has 3 heterocycles. The van der Waals surface area contributed by atoms with Crippen LogP contribution in [0, 0.1) is 0 Å². The van der Waals surface area contributed by atoms with Gasteiger partial charge in [-0.1, -0.05) is 6.42 Å². The second-order valence-electron chi connectivity index (χ2n) is 5.46. The number of piperidine rings is 1. The van der Waals surface area contributed by atoms with Crippen LogP contribution in [0.15, 0.2) is 6.33 Å². The number of likely N-dealkylation sites (tertiary alicyclic amines) is 1. The quantitative estimate of drug-likeness (QED) is 0.893. The molecule has 0 unspecified atom stereocenters. The van der Waals surface area contributed by atoms with Crippen molar-refractivity contribution in [1.82, 2.24) is 24.4 Å². The minimum atomic E-state index is 0.290. The summed E-state index contributed by atoms with van der Waals surface area (Å²) in [4.78, 5) is 15.2. The summed E-state index contributed by atoms with van der Waals surface area (Å²) in [7, 11) is 1.54. The van der Waals surface area contributed by atoms with Gasteiger partial charge >= 0.3 is 6.01 Å². The number of nitrogen functional groups attached to an aromatic ring is 1. The van der Waals surface area contributed by atoms with Crippen molar-refractivity contribution in [3.05, 3.63) is 6.33 Å². The van der Waals surface area contributed by atoms with Gasteiger partial charge in [0.1, 0.15) is 5.52 Å². The molecular weight excluding hydrogens is 268 g/mol. The molecule has 114 valence electrons. The molecule has 0 radical (unpaired) electrons. The second-order valence-corrected chi connectivity index (χ2v) is 5.46. The Morgan fingerprint density at radius 2 is 2.00 bits per heavy atom. The molecule has 1 aliphatic rings. The van der Waals surface area contributed by atoms with Crippen molar-refractivity contribution in [2.24, 2.45) is 0 Å². The summed E-state index contributed by atoms with van der Waals surface area (Å²) in [6, 6.07) is 0.290. The van der Waals surface area contributed by atoms with Crippen molar-refractivity contribution >= 4 is 17.0 Å². The van der Waals surface area contributed by atoms with Crippen LogP contribution in [-0.4, -0.2) is 51.2 Å². The molecule has 0 aromatic carbocycles. The third-order valence-corrected chi connectivity index (χ3v) is 3.97. The molecule has 0 bridgehead atoms. The van der Waals surface area contributed by atoms with Crippen molar-refractivity contribution in [2.75, 3.05) is 32.5 Å². The maximum atomic E-state index is 5.88. The predicted octanol–water partition coefficient (Wildman–Crippen LogP) is 1.29. The van der Waals surface area contributed by atoms with Crippen LogP contribution < -0.4 is 10.5 Å². The number of imidazole rings is 1. The van der Waals surface area contributed by atoms with E-state index < -0.39 is 0 Å². The minimum absolute atomic E-state index is 0.290. The van der Waals surface area contributed by atoms with E-state index in [2.05, 4.69) is 19.9 Å². The van der Waals surface area contributed by atoms with Gasteiger partial charge in [0, 0.05) is 6.54 Å². The Bertz CT molecular complexity index is 605. The van der Waals surface area contributed by atoms with Crippen LogP contribution in [0.2, 0.25) is 0 Å². The monoisotopic (exact) mass is 290 g/mol. The van der Waals surface area contributed by atoms with Gasteiger partial charge in [0.05, 0.1) is 13.4 Å². The summed E-state index contributed by atoms with van der Waals surface area (Å²) in [5.41, 5.74) is 7.27. The normalized spacial score (nSPS) is 16.4. The lowest BCUT2D eigenvalue weighted by molar-refractivity contribution is 0.223. The highest BCUT2D eigenvalue weighted by molar-refractivity contribution is 5.81. The molecule has 1 aliphatic heterocycles. The largest absolute Gasteiger partial charge is 0.467 e. The van der Waals surface area contributed by atoms with Gasteiger partial charge in [-0.3, -0.25) is 0 Å². The lowest BCUT2D eigenvalue weighted by Crippen LogP contribution is -2.31. The van der Waals surface area contributed by atoms with Crippen LogP contribution in [0.25, 0.3) is 11.2 Å². The molecule has 1 saturated heterocycles. The molecule has 1 fully saturated rings. The Balaban J connectivity index is 1.67. The Hall–Kier alpha value is -1.89. The molecule has 0 amide bonds. The van der Waals surface area contributed by atoms with Crippen LogP contribution in [0.5, 0.6) is 6.01 Å². The number of ether oxygens (including phenoxy) is 1. The molecule has 21 heavy (non-hydrogen) atoms. The molecule has 7 heteroatoms. The zero-order valence-corrected chi connectivity index (χ0v) is 12.5. The van der Waals surface area contributed by atoms with E-state index in [1.807, 2.05) is 4.57 Å². The van der Waals surface area contributed by atoms with E-state index in [1.54, 1.807) is 6.33 Å². The predicted molar refractivity (Wildman–Crippen MR) is 81.2 cm³/mol. The van der Waals surface area contributed by atoms with Crippen LogP contribution in [0.4, 0.5) is 5.82 Å². The van der Waals surface area contributed by atoms with Gasteiger partial charge in [0.2, 0.25) is 0 Å². The summed E-state index contributed by atoms with van der Waals surface area (Å²) in [5.74, 6) is 0.367. The van der Waals surface area contributed by atoms with Gasteiger partial charge in [-0.2, -0.15) is 9.97 Å². The van der Waals surface area contributed by atoms with E-state index in [4.69, 9.17) is 10.5 Å². The highest BCUT2D eigenvalue weighted by Gasteiger charge is 2.13. The molecule has 0 atom stereocenters. The third kappa shape index (κ3) is 3.07. The second kappa shape index (κ2) is 6.26. The number of fused-ring (bicyclic) bond motifs is 1. The van der Waals surface area contributed by atoms with Crippen LogP contribution in [0.3, 0.4) is 0 Å². The average molecular weight is 290 g/mol. The van der Waals surface area contributed by atoms with Crippen molar-refractivity contribution < 1.29 is 4.74 Å². The van der Waals surface area contributed by atoms with E-state index in [0.29, 0.717) is 11.3 Å². The SMILES string of the molecule is COc1nc(N)c2ncn(CCCN3CCCCC3)c2n1. The van der Waals surface area contributed by atoms with E-state index >= 15 is 0 Å². The van der Waals surface area contributed by atoms with Crippen LogP contribution in [-0.2, 0) is 6.54 Å². The van der Waals surface area contributed by atoms with Gasteiger partial charge < -0.3 is 19.9 Å². The number of nitrogens with zero attached hydrogens (tertiary/aromatic N) is 5. The molecule has 3 rings (SSSR count). The number of rotatable bonds is 5. The summed E-state index contributed by atoms with van der Waals surface area (Å²) in [5, 5.41) is 0. The minimum Gasteiger partial charge on any atom is -0.467 e. The molecule has 7 nitrogen and oxygen atoms in total. The molecule has 0 aliphatic carbocycles. The number of anilines is 1. The number of aryl methyl sites for hydroxylation is 1. The molecule has 2 aromatic rings. The zero-order chi connectivity index (χ0) is 14.7. The van der Waals surface area contributed by atoms with Gasteiger partial charge in [0.15, 0.2) is 11.5 Å². The standard InChI is InChI=1S/C14H22N6O/c1-21-14-17-12(15)11-13(18-14)20(10-16-11)9-5-8-19-6-3-2-4-7-19/h10H,2-9H2,1H3,(H2,15,17,18). The van der Waals surface area contributed by atoms with Crippen LogP contribution >= 0.6 is 0 Å². The first-order chi connectivity index (χ1) is 10.3. The fraction of sp³-hybridized carbons (Fsp3) is 0.643. The smallest absolute Gasteiger partial charge is 0.320 e. The highest BCUT2D eigenvalue weighted by Crippen LogP contribution is 2.19. The van der Waals surface area contributed by atoms with E-state index in [-0.39, 0.29) is 6.01 Å². The van der Waals surface area contributed by atoms with E-state index in [0.717, 1.165) is 25.2 Å². The Morgan fingerprint density at radius 3 is 2.76 bits per heavy atom. The Labute approximate surface area is 124 Å². The fourth-order valence-electron chi connectivity index (χ4n) is 2.85. The summed E-state index contributed by atoms with van der Waals surface area (Å²) in [6.07, 6.45) is 6.89. The topological polar surface area (TPSA) is 82.1 Å². The van der Waals surface area contributed by atoms with Crippen molar-refractivity contribution in [3.8, 4) is 6.01 Å². The number of hydrogen-bond donors (Lipinski definition) is 1.